The summed E-state index contributed by atoms with van der Waals surface area (Å²) in [7, 11) is 0. The van der Waals surface area contributed by atoms with E-state index in [1.165, 1.54) is 18.3 Å². The number of hydrogen-bond acceptors (Lipinski definition) is 4. The number of ether oxygens (including phenoxy) is 1. The summed E-state index contributed by atoms with van der Waals surface area (Å²) in [6.07, 6.45) is -5.52. The standard InChI is InChI=1S/C20H14F3NO3/c21-20(22,23)16-10-8-14(9-11-16)13-4-6-15(7-5-13)18(27-19(25)26)17-3-1-2-12-24-17/h1-12,18H,(H,25,26)/p-1. The van der Waals surface area contributed by atoms with Crippen molar-refractivity contribution in [1.82, 2.24) is 4.98 Å². The smallest absolute Gasteiger partial charge is 0.416 e. The van der Waals surface area contributed by atoms with Gasteiger partial charge in [-0.15, -0.1) is 0 Å². The Morgan fingerprint density at radius 3 is 2.00 bits per heavy atom. The number of aromatic nitrogens is 1. The predicted molar refractivity (Wildman–Crippen MR) is 89.4 cm³/mol. The largest absolute Gasteiger partial charge is 0.535 e. The van der Waals surface area contributed by atoms with Crippen LogP contribution in [-0.2, 0) is 10.9 Å². The van der Waals surface area contributed by atoms with Gasteiger partial charge < -0.3 is 14.6 Å². The van der Waals surface area contributed by atoms with Crippen molar-refractivity contribution in [2.75, 3.05) is 0 Å². The number of halogens is 3. The molecule has 1 atom stereocenters. The van der Waals surface area contributed by atoms with Crippen molar-refractivity contribution in [3.63, 3.8) is 0 Å². The molecule has 27 heavy (non-hydrogen) atoms. The third-order valence-electron chi connectivity index (χ3n) is 3.93. The monoisotopic (exact) mass is 372 g/mol. The van der Waals surface area contributed by atoms with Crippen LogP contribution in [0, 0.1) is 0 Å². The molecule has 0 aliphatic heterocycles. The minimum Gasteiger partial charge on any atom is -0.535 e. The van der Waals surface area contributed by atoms with E-state index in [9.17, 15) is 23.1 Å². The van der Waals surface area contributed by atoms with Crippen LogP contribution in [0.3, 0.4) is 0 Å². The molecule has 1 aromatic heterocycles. The summed E-state index contributed by atoms with van der Waals surface area (Å²) in [5.74, 6) is 0. The first kappa shape index (κ1) is 18.4. The lowest BCUT2D eigenvalue weighted by Crippen LogP contribution is -2.26. The summed E-state index contributed by atoms with van der Waals surface area (Å²) >= 11 is 0. The quantitative estimate of drug-likeness (QED) is 0.644. The fourth-order valence-electron chi connectivity index (χ4n) is 2.63. The average molecular weight is 372 g/mol. The molecule has 0 radical (unpaired) electrons. The zero-order chi connectivity index (χ0) is 19.4. The van der Waals surface area contributed by atoms with E-state index in [0.717, 1.165) is 12.1 Å². The number of carbonyl (C=O) groups excluding carboxylic acids is 1. The topological polar surface area (TPSA) is 62.2 Å². The average Bonchev–Trinajstić information content (AvgIpc) is 2.66. The van der Waals surface area contributed by atoms with E-state index in [1.807, 2.05) is 0 Å². The second-order valence-electron chi connectivity index (χ2n) is 5.70. The number of carboxylic acid groups (broad SMARTS) is 1. The first-order chi connectivity index (χ1) is 12.8. The summed E-state index contributed by atoms with van der Waals surface area (Å²) in [6, 6.07) is 16.4. The highest BCUT2D eigenvalue weighted by Crippen LogP contribution is 2.32. The summed E-state index contributed by atoms with van der Waals surface area (Å²) < 4.78 is 42.8. The molecule has 3 aromatic rings. The van der Waals surface area contributed by atoms with Crippen LogP contribution < -0.4 is 5.11 Å². The highest BCUT2D eigenvalue weighted by molar-refractivity contribution is 5.64. The summed E-state index contributed by atoms with van der Waals surface area (Å²) in [6.45, 7) is 0. The molecule has 3 rings (SSSR count). The Kier molecular flexibility index (Phi) is 5.12. The summed E-state index contributed by atoms with van der Waals surface area (Å²) in [4.78, 5) is 15.0. The molecular formula is C20H13F3NO3-. The molecule has 0 aliphatic rings. The van der Waals surface area contributed by atoms with Crippen LogP contribution in [0.15, 0.2) is 72.9 Å². The fraction of sp³-hybridized carbons (Fsp3) is 0.100. The van der Waals surface area contributed by atoms with Gasteiger partial charge in [0.15, 0.2) is 0 Å². The number of hydrogen-bond donors (Lipinski definition) is 0. The molecule has 7 heteroatoms. The van der Waals surface area contributed by atoms with Gasteiger partial charge in [-0.2, -0.15) is 13.2 Å². The minimum atomic E-state index is -4.39. The van der Waals surface area contributed by atoms with Gasteiger partial charge in [0.25, 0.3) is 6.16 Å². The number of carbonyl (C=O) groups is 1. The van der Waals surface area contributed by atoms with Gasteiger partial charge >= 0.3 is 6.18 Å². The van der Waals surface area contributed by atoms with Crippen LogP contribution in [0.4, 0.5) is 18.0 Å². The van der Waals surface area contributed by atoms with Crippen LogP contribution in [0.25, 0.3) is 11.1 Å². The zero-order valence-corrected chi connectivity index (χ0v) is 13.8. The van der Waals surface area contributed by atoms with Crippen LogP contribution in [0.1, 0.15) is 22.9 Å². The van der Waals surface area contributed by atoms with Crippen molar-refractivity contribution < 1.29 is 27.8 Å². The molecule has 1 unspecified atom stereocenters. The van der Waals surface area contributed by atoms with Crippen molar-refractivity contribution in [2.24, 2.45) is 0 Å². The van der Waals surface area contributed by atoms with Gasteiger partial charge in [-0.3, -0.25) is 4.98 Å². The molecular weight excluding hydrogens is 359 g/mol. The van der Waals surface area contributed by atoms with E-state index in [-0.39, 0.29) is 0 Å². The Balaban J connectivity index is 1.88. The van der Waals surface area contributed by atoms with Gasteiger partial charge in [0.05, 0.1) is 11.3 Å². The minimum absolute atomic E-state index is 0.393. The van der Waals surface area contributed by atoms with Gasteiger partial charge in [-0.05, 0) is 41.0 Å². The molecule has 0 amide bonds. The molecule has 0 saturated heterocycles. The van der Waals surface area contributed by atoms with Gasteiger partial charge in [-0.1, -0.05) is 42.5 Å². The van der Waals surface area contributed by atoms with E-state index in [2.05, 4.69) is 4.98 Å². The van der Waals surface area contributed by atoms with Crippen molar-refractivity contribution in [1.29, 1.82) is 0 Å². The first-order valence-electron chi connectivity index (χ1n) is 7.91. The van der Waals surface area contributed by atoms with E-state index >= 15 is 0 Å². The fourth-order valence-corrected chi connectivity index (χ4v) is 2.63. The van der Waals surface area contributed by atoms with Crippen LogP contribution >= 0.6 is 0 Å². The molecule has 4 nitrogen and oxygen atoms in total. The molecule has 0 bridgehead atoms. The van der Waals surface area contributed by atoms with Crippen molar-refractivity contribution in [3.05, 3.63) is 89.7 Å². The molecule has 1 heterocycles. The van der Waals surface area contributed by atoms with Crippen LogP contribution in [0.2, 0.25) is 0 Å². The number of pyridine rings is 1. The normalized spacial score (nSPS) is 12.4. The highest BCUT2D eigenvalue weighted by atomic mass is 19.4. The lowest BCUT2D eigenvalue weighted by atomic mass is 9.99. The van der Waals surface area contributed by atoms with E-state index in [0.29, 0.717) is 22.4 Å². The van der Waals surface area contributed by atoms with Crippen LogP contribution in [0.5, 0.6) is 0 Å². The maximum atomic E-state index is 12.7. The van der Waals surface area contributed by atoms with Crippen LogP contribution in [-0.4, -0.2) is 11.1 Å². The predicted octanol–water partition coefficient (Wildman–Crippen LogP) is 4.22. The number of nitrogens with zero attached hydrogens (tertiary/aromatic N) is 1. The Bertz CT molecular complexity index is 908. The second-order valence-corrected chi connectivity index (χ2v) is 5.70. The van der Waals surface area contributed by atoms with Gasteiger partial charge in [0, 0.05) is 6.20 Å². The maximum absolute atomic E-state index is 12.7. The van der Waals surface area contributed by atoms with E-state index < -0.39 is 24.0 Å². The number of alkyl halides is 3. The zero-order valence-electron chi connectivity index (χ0n) is 13.8. The van der Waals surface area contributed by atoms with Gasteiger partial charge in [0.2, 0.25) is 0 Å². The van der Waals surface area contributed by atoms with Gasteiger partial charge in [-0.25, -0.2) is 0 Å². The molecule has 0 spiro atoms. The lowest BCUT2D eigenvalue weighted by molar-refractivity contribution is -0.286. The number of rotatable bonds is 4. The molecule has 0 aliphatic carbocycles. The van der Waals surface area contributed by atoms with Gasteiger partial charge in [0.1, 0.15) is 6.10 Å². The molecule has 138 valence electrons. The lowest BCUT2D eigenvalue weighted by Gasteiger charge is -2.22. The Hall–Kier alpha value is -3.35. The van der Waals surface area contributed by atoms with Crippen molar-refractivity contribution in [2.45, 2.75) is 12.3 Å². The Morgan fingerprint density at radius 2 is 1.52 bits per heavy atom. The third-order valence-corrected chi connectivity index (χ3v) is 3.93. The maximum Gasteiger partial charge on any atom is 0.416 e. The van der Waals surface area contributed by atoms with E-state index in [4.69, 9.17) is 4.74 Å². The SMILES string of the molecule is O=C([O-])OC(c1ccc(-c2ccc(C(F)(F)F)cc2)cc1)c1ccccn1. The van der Waals surface area contributed by atoms with Crippen molar-refractivity contribution >= 4 is 6.16 Å². The first-order valence-corrected chi connectivity index (χ1v) is 7.91. The van der Waals surface area contributed by atoms with Crippen molar-refractivity contribution in [3.8, 4) is 11.1 Å². The van der Waals surface area contributed by atoms with E-state index in [1.54, 1.807) is 42.5 Å². The number of benzene rings is 2. The molecule has 2 aromatic carbocycles. The summed E-state index contributed by atoms with van der Waals surface area (Å²) in [5, 5.41) is 10.9. The molecule has 0 saturated carbocycles. The third kappa shape index (κ3) is 4.44. The molecule has 0 fully saturated rings. The summed E-state index contributed by atoms with van der Waals surface area (Å²) in [5.41, 5.74) is 1.48. The highest BCUT2D eigenvalue weighted by Gasteiger charge is 2.29. The molecule has 0 N–H and O–H groups in total. The Morgan fingerprint density at radius 1 is 0.926 bits per heavy atom. The second kappa shape index (κ2) is 7.49. The Labute approximate surface area is 152 Å².